The van der Waals surface area contributed by atoms with E-state index in [2.05, 4.69) is 21.2 Å². The number of amides is 3. The Morgan fingerprint density at radius 2 is 1.61 bits per heavy atom. The first-order valence-electron chi connectivity index (χ1n) is 12.2. The van der Waals surface area contributed by atoms with Gasteiger partial charge in [0.2, 0.25) is 17.7 Å². The van der Waals surface area contributed by atoms with Crippen molar-refractivity contribution in [3.05, 3.63) is 106 Å². The molecule has 208 valence electrons. The van der Waals surface area contributed by atoms with Crippen LogP contribution in [-0.4, -0.2) is 27.5 Å². The molecule has 13 heteroatoms. The van der Waals surface area contributed by atoms with Crippen LogP contribution in [0.3, 0.4) is 0 Å². The van der Waals surface area contributed by atoms with Gasteiger partial charge < -0.3 is 5.32 Å². The van der Waals surface area contributed by atoms with E-state index >= 15 is 0 Å². The van der Waals surface area contributed by atoms with Gasteiger partial charge in [-0.15, -0.1) is 0 Å². The van der Waals surface area contributed by atoms with Gasteiger partial charge in [-0.1, -0.05) is 86.0 Å². The number of aromatic nitrogens is 1. The molecule has 0 bridgehead atoms. The summed E-state index contributed by atoms with van der Waals surface area (Å²) in [4.78, 5) is 55.5. The van der Waals surface area contributed by atoms with Crippen molar-refractivity contribution in [1.29, 1.82) is 0 Å². The molecule has 3 unspecified atom stereocenters. The fourth-order valence-electron chi connectivity index (χ4n) is 5.05. The number of nitrogens with one attached hydrogen (secondary N) is 1. The number of carbonyl (C=O) groups is 3. The minimum Gasteiger partial charge on any atom is -0.324 e. The van der Waals surface area contributed by atoms with Gasteiger partial charge in [0.05, 0.1) is 26.7 Å². The molecule has 0 spiro atoms. The molecule has 0 saturated carbocycles. The first-order valence-corrected chi connectivity index (χ1v) is 15.8. The molecule has 41 heavy (non-hydrogen) atoms. The molecule has 0 aliphatic carbocycles. The molecular weight excluding hydrogens is 693 g/mol. The summed E-state index contributed by atoms with van der Waals surface area (Å²) in [6, 6.07) is 18.7. The number of hydrogen-bond acceptors (Lipinski definition) is 6. The molecule has 6 rings (SSSR count). The second kappa shape index (κ2) is 11.2. The zero-order valence-corrected chi connectivity index (χ0v) is 26.1. The normalized spacial score (nSPS) is 19.7. The number of hydrogen-bond donors (Lipinski definition) is 1. The molecule has 1 aromatic heterocycles. The number of rotatable bonds is 5. The van der Waals surface area contributed by atoms with Crippen molar-refractivity contribution in [3.63, 3.8) is 0 Å². The highest BCUT2D eigenvalue weighted by Gasteiger charge is 2.56. The average molecular weight is 710 g/mol. The number of fused-ring (bicyclic) bond motifs is 2. The van der Waals surface area contributed by atoms with Crippen LogP contribution in [0.15, 0.2) is 81.0 Å². The van der Waals surface area contributed by atoms with Gasteiger partial charge in [-0.2, -0.15) is 0 Å². The van der Waals surface area contributed by atoms with Gasteiger partial charge in [0.25, 0.3) is 0 Å². The van der Waals surface area contributed by atoms with E-state index < -0.39 is 23.0 Å². The molecular formula is C28H17BrCl3N3O4S2. The van der Waals surface area contributed by atoms with Crippen LogP contribution >= 0.6 is 73.8 Å². The highest BCUT2D eigenvalue weighted by atomic mass is 79.9. The molecule has 2 aliphatic heterocycles. The second-order valence-electron chi connectivity index (χ2n) is 9.38. The van der Waals surface area contributed by atoms with E-state index in [1.807, 2.05) is 0 Å². The Labute approximate surface area is 265 Å². The van der Waals surface area contributed by atoms with Crippen LogP contribution in [0.5, 0.6) is 0 Å². The lowest BCUT2D eigenvalue weighted by atomic mass is 9.83. The predicted molar refractivity (Wildman–Crippen MR) is 167 cm³/mol. The smallest absolute Gasteiger partial charge is 0.308 e. The van der Waals surface area contributed by atoms with E-state index in [1.54, 1.807) is 60.7 Å². The lowest BCUT2D eigenvalue weighted by Gasteiger charge is -2.30. The van der Waals surface area contributed by atoms with Crippen molar-refractivity contribution in [2.75, 3.05) is 10.2 Å². The van der Waals surface area contributed by atoms with Gasteiger partial charge in [-0.05, 0) is 60.2 Å². The van der Waals surface area contributed by atoms with Crippen LogP contribution in [0.2, 0.25) is 15.1 Å². The molecule has 1 fully saturated rings. The third kappa shape index (κ3) is 5.26. The lowest BCUT2D eigenvalue weighted by molar-refractivity contribution is -0.122. The van der Waals surface area contributed by atoms with Crippen LogP contribution in [0.25, 0.3) is 0 Å². The van der Waals surface area contributed by atoms with Gasteiger partial charge >= 0.3 is 4.87 Å². The van der Waals surface area contributed by atoms with Crippen molar-refractivity contribution in [2.24, 2.45) is 5.92 Å². The summed E-state index contributed by atoms with van der Waals surface area (Å²) < 4.78 is 2.17. The van der Waals surface area contributed by atoms with Gasteiger partial charge in [-0.25, -0.2) is 4.90 Å². The molecule has 4 aromatic rings. The highest BCUT2D eigenvalue weighted by Crippen LogP contribution is 2.54. The largest absolute Gasteiger partial charge is 0.324 e. The van der Waals surface area contributed by atoms with Crippen LogP contribution in [0, 0.1) is 5.92 Å². The van der Waals surface area contributed by atoms with Crippen molar-refractivity contribution in [1.82, 2.24) is 4.57 Å². The third-order valence-corrected chi connectivity index (χ3v) is 11.0. The molecule has 0 radical (unpaired) electrons. The molecule has 2 aliphatic rings. The van der Waals surface area contributed by atoms with E-state index in [0.29, 0.717) is 31.3 Å². The van der Waals surface area contributed by atoms with Crippen LogP contribution in [0.4, 0.5) is 11.4 Å². The number of halogens is 4. The fourth-order valence-corrected chi connectivity index (χ4v) is 8.51. The molecule has 1 N–H and O–H groups in total. The quantitative estimate of drug-likeness (QED) is 0.224. The summed E-state index contributed by atoms with van der Waals surface area (Å²) in [5.41, 5.74) is 1.64. The number of thiazole rings is 1. The van der Waals surface area contributed by atoms with E-state index in [-0.39, 0.29) is 28.3 Å². The lowest BCUT2D eigenvalue weighted by Crippen LogP contribution is -2.33. The summed E-state index contributed by atoms with van der Waals surface area (Å²) in [5.74, 6) is -2.50. The third-order valence-electron chi connectivity index (χ3n) is 6.87. The van der Waals surface area contributed by atoms with E-state index in [9.17, 15) is 19.2 Å². The number of thioether (sulfide) groups is 1. The summed E-state index contributed by atoms with van der Waals surface area (Å²) in [5, 5.41) is 3.57. The maximum absolute atomic E-state index is 13.9. The highest BCUT2D eigenvalue weighted by molar-refractivity contribution is 9.10. The molecule has 7 nitrogen and oxygen atoms in total. The van der Waals surface area contributed by atoms with Gasteiger partial charge in [0.1, 0.15) is 11.8 Å². The molecule has 1 saturated heterocycles. The van der Waals surface area contributed by atoms with Gasteiger partial charge in [0.15, 0.2) is 0 Å². The number of imide groups is 1. The first-order chi connectivity index (χ1) is 19.6. The van der Waals surface area contributed by atoms with Crippen LogP contribution in [0.1, 0.15) is 16.4 Å². The number of carbonyl (C=O) groups excluding carboxylic acids is 3. The van der Waals surface area contributed by atoms with Crippen molar-refractivity contribution in [3.8, 4) is 0 Å². The number of nitrogens with zero attached hydrogens (tertiary/aromatic N) is 2. The van der Waals surface area contributed by atoms with E-state index in [1.165, 1.54) is 15.5 Å². The second-order valence-corrected chi connectivity index (χ2v) is 13.7. The minimum atomic E-state index is -0.794. The Morgan fingerprint density at radius 3 is 2.29 bits per heavy atom. The zero-order valence-electron chi connectivity index (χ0n) is 20.6. The standard InChI is InChI=1S/C28H17BrCl3N3O4S2/c29-14-3-8-17(9-4-14)35-25(37)22-21(13-1-5-15(30)6-2-13)24-27(40-23(22)26(35)38)34(28(39)41-24)12-20(36)33-16-7-10-18(31)19(32)11-16/h1-11,21-23H,12H2,(H,33,36). The van der Waals surface area contributed by atoms with Crippen molar-refractivity contribution in [2.45, 2.75) is 22.7 Å². The van der Waals surface area contributed by atoms with E-state index in [4.69, 9.17) is 34.8 Å². The maximum atomic E-state index is 13.9. The van der Waals surface area contributed by atoms with E-state index in [0.717, 1.165) is 33.1 Å². The maximum Gasteiger partial charge on any atom is 0.308 e. The Kier molecular flexibility index (Phi) is 7.82. The monoisotopic (exact) mass is 707 g/mol. The number of benzene rings is 3. The number of anilines is 2. The average Bonchev–Trinajstić information content (AvgIpc) is 3.38. The van der Waals surface area contributed by atoms with Gasteiger partial charge in [-0.3, -0.25) is 23.7 Å². The molecule has 3 aromatic carbocycles. The predicted octanol–water partition coefficient (Wildman–Crippen LogP) is 7.07. The Hall–Kier alpha value is -2.60. The molecule has 3 atom stereocenters. The fraction of sp³-hybridized carbons (Fsp3) is 0.143. The minimum absolute atomic E-state index is 0.279. The van der Waals surface area contributed by atoms with Crippen LogP contribution in [-0.2, 0) is 20.9 Å². The topological polar surface area (TPSA) is 88.5 Å². The summed E-state index contributed by atoms with van der Waals surface area (Å²) in [6.07, 6.45) is 0. The Morgan fingerprint density at radius 1 is 0.902 bits per heavy atom. The van der Waals surface area contributed by atoms with Gasteiger partial charge in [0, 0.05) is 26.0 Å². The van der Waals surface area contributed by atoms with Crippen molar-refractivity contribution >= 4 is 103 Å². The summed E-state index contributed by atoms with van der Waals surface area (Å²) >= 11 is 23.7. The SMILES string of the molecule is O=C(Cn1c2c(sc1=O)C(c1ccc(Cl)cc1)C1C(=O)N(c3ccc(Br)cc3)C(=O)C1S2)Nc1ccc(Cl)c(Cl)c1. The zero-order chi connectivity index (χ0) is 29.0. The first kappa shape index (κ1) is 28.5. The summed E-state index contributed by atoms with van der Waals surface area (Å²) in [6.45, 7) is -0.290. The molecule has 3 heterocycles. The van der Waals surface area contributed by atoms with Crippen LogP contribution < -0.4 is 15.1 Å². The Balaban J connectivity index is 1.40. The summed E-state index contributed by atoms with van der Waals surface area (Å²) in [7, 11) is 0. The Bertz CT molecular complexity index is 1780. The molecule has 3 amide bonds. The van der Waals surface area contributed by atoms with Crippen molar-refractivity contribution < 1.29 is 14.4 Å².